The van der Waals surface area contributed by atoms with Crippen molar-refractivity contribution in [3.63, 3.8) is 0 Å². The summed E-state index contributed by atoms with van der Waals surface area (Å²) in [7, 11) is 0. The lowest BCUT2D eigenvalue weighted by molar-refractivity contribution is 0.738. The van der Waals surface area contributed by atoms with Crippen LogP contribution in [-0.2, 0) is 6.42 Å². The fraction of sp³-hybridized carbons (Fsp3) is 0.400. The van der Waals surface area contributed by atoms with E-state index in [9.17, 15) is 0 Å². The third kappa shape index (κ3) is 2.55. The van der Waals surface area contributed by atoms with Crippen LogP contribution in [0.25, 0.3) is 0 Å². The first-order valence-corrected chi connectivity index (χ1v) is 4.19. The number of anilines is 1. The molecule has 0 saturated carbocycles. The zero-order valence-electron chi connectivity index (χ0n) is 7.67. The molecule has 2 nitrogen and oxygen atoms in total. The first kappa shape index (κ1) is 9.07. The Bertz CT molecular complexity index is 246. The minimum Gasteiger partial charge on any atom is -0.399 e. The molecule has 0 amide bonds. The van der Waals surface area contributed by atoms with E-state index in [1.807, 2.05) is 26.0 Å². The molecule has 0 aliphatic rings. The Morgan fingerprint density at radius 1 is 1.33 bits per heavy atom. The van der Waals surface area contributed by atoms with Crippen molar-refractivity contribution in [2.75, 3.05) is 5.73 Å². The van der Waals surface area contributed by atoms with Crippen molar-refractivity contribution < 1.29 is 0 Å². The second-order valence-corrected chi connectivity index (χ2v) is 3.43. The predicted molar refractivity (Wildman–Crippen MR) is 52.9 cm³/mol. The van der Waals surface area contributed by atoms with E-state index in [1.54, 1.807) is 0 Å². The molecule has 1 rings (SSSR count). The normalized spacial score (nSPS) is 12.9. The average Bonchev–Trinajstić information content (AvgIpc) is 1.81. The molecule has 0 heterocycles. The Balaban J connectivity index is 2.85. The molecule has 0 aliphatic carbocycles. The Labute approximate surface area is 73.6 Å². The zero-order chi connectivity index (χ0) is 9.14. The molecule has 66 valence electrons. The number of hydrogen-bond donors (Lipinski definition) is 2. The van der Waals surface area contributed by atoms with Crippen molar-refractivity contribution in [3.8, 4) is 0 Å². The molecule has 1 aromatic carbocycles. The van der Waals surface area contributed by atoms with Crippen LogP contribution in [0.5, 0.6) is 0 Å². The third-order valence-electron chi connectivity index (χ3n) is 1.72. The smallest absolute Gasteiger partial charge is 0.0319 e. The molecular weight excluding hydrogens is 148 g/mol. The van der Waals surface area contributed by atoms with Crippen molar-refractivity contribution in [3.05, 3.63) is 29.3 Å². The number of rotatable bonds is 2. The van der Waals surface area contributed by atoms with Crippen molar-refractivity contribution in [1.82, 2.24) is 0 Å². The molecule has 0 radical (unpaired) electrons. The maximum Gasteiger partial charge on any atom is 0.0319 e. The average molecular weight is 164 g/mol. The first-order chi connectivity index (χ1) is 5.58. The molecule has 0 aliphatic heterocycles. The third-order valence-corrected chi connectivity index (χ3v) is 1.72. The lowest BCUT2D eigenvalue weighted by Crippen LogP contribution is -2.17. The Morgan fingerprint density at radius 3 is 2.50 bits per heavy atom. The van der Waals surface area contributed by atoms with E-state index >= 15 is 0 Å². The quantitative estimate of drug-likeness (QED) is 0.650. The zero-order valence-corrected chi connectivity index (χ0v) is 7.67. The standard InChI is InChI=1S/C10H16N2/c1-7-3-9(5-8(2)11)6-10(12)4-7/h3-4,6,8H,5,11-12H2,1-2H3/t8-/m1/s1. The molecule has 0 bridgehead atoms. The van der Waals surface area contributed by atoms with E-state index in [0.717, 1.165) is 12.1 Å². The van der Waals surface area contributed by atoms with Gasteiger partial charge in [0.05, 0.1) is 0 Å². The molecule has 0 saturated heterocycles. The summed E-state index contributed by atoms with van der Waals surface area (Å²) in [5.41, 5.74) is 14.6. The lowest BCUT2D eigenvalue weighted by atomic mass is 10.0. The van der Waals surface area contributed by atoms with E-state index in [-0.39, 0.29) is 6.04 Å². The molecule has 4 N–H and O–H groups in total. The van der Waals surface area contributed by atoms with Gasteiger partial charge in [0.2, 0.25) is 0 Å². The molecular formula is C10H16N2. The highest BCUT2D eigenvalue weighted by Crippen LogP contribution is 2.12. The Morgan fingerprint density at radius 2 is 2.00 bits per heavy atom. The van der Waals surface area contributed by atoms with Crippen molar-refractivity contribution in [2.45, 2.75) is 26.3 Å². The highest BCUT2D eigenvalue weighted by molar-refractivity contribution is 5.44. The van der Waals surface area contributed by atoms with Crippen LogP contribution in [0.3, 0.4) is 0 Å². The van der Waals surface area contributed by atoms with Crippen molar-refractivity contribution in [2.24, 2.45) is 5.73 Å². The molecule has 0 unspecified atom stereocenters. The molecule has 12 heavy (non-hydrogen) atoms. The van der Waals surface area contributed by atoms with Gasteiger partial charge in [0.25, 0.3) is 0 Å². The fourth-order valence-electron chi connectivity index (χ4n) is 1.38. The molecule has 1 atom stereocenters. The van der Waals surface area contributed by atoms with Crippen LogP contribution in [0.4, 0.5) is 5.69 Å². The molecule has 0 aromatic heterocycles. The molecule has 1 aromatic rings. The summed E-state index contributed by atoms with van der Waals surface area (Å²) in [6.45, 7) is 4.04. The van der Waals surface area contributed by atoms with Crippen LogP contribution >= 0.6 is 0 Å². The summed E-state index contributed by atoms with van der Waals surface area (Å²) in [5, 5.41) is 0. The maximum absolute atomic E-state index is 5.69. The lowest BCUT2D eigenvalue weighted by Gasteiger charge is -2.07. The van der Waals surface area contributed by atoms with Gasteiger partial charge < -0.3 is 11.5 Å². The second kappa shape index (κ2) is 3.59. The van der Waals surface area contributed by atoms with Crippen LogP contribution in [0, 0.1) is 6.92 Å². The highest BCUT2D eigenvalue weighted by Gasteiger charge is 1.99. The number of nitrogens with two attached hydrogens (primary N) is 2. The van der Waals surface area contributed by atoms with Crippen LogP contribution in [0.2, 0.25) is 0 Å². The summed E-state index contributed by atoms with van der Waals surface area (Å²) in [6, 6.07) is 6.27. The number of aryl methyl sites for hydroxylation is 1. The second-order valence-electron chi connectivity index (χ2n) is 3.43. The SMILES string of the molecule is Cc1cc(N)cc(C[C@@H](C)N)c1. The summed E-state index contributed by atoms with van der Waals surface area (Å²) >= 11 is 0. The molecule has 2 heteroatoms. The summed E-state index contributed by atoms with van der Waals surface area (Å²) in [4.78, 5) is 0. The molecule has 0 spiro atoms. The number of benzene rings is 1. The van der Waals surface area contributed by atoms with Crippen LogP contribution in [-0.4, -0.2) is 6.04 Å². The largest absolute Gasteiger partial charge is 0.399 e. The van der Waals surface area contributed by atoms with Crippen molar-refractivity contribution in [1.29, 1.82) is 0 Å². The molecule has 0 fully saturated rings. The van der Waals surface area contributed by atoms with Crippen LogP contribution in [0.1, 0.15) is 18.1 Å². The van der Waals surface area contributed by atoms with E-state index in [4.69, 9.17) is 11.5 Å². The van der Waals surface area contributed by atoms with E-state index in [2.05, 4.69) is 6.07 Å². The summed E-state index contributed by atoms with van der Waals surface area (Å²) in [6.07, 6.45) is 0.895. The predicted octanol–water partition coefficient (Wildman–Crippen LogP) is 1.47. The van der Waals surface area contributed by atoms with Gasteiger partial charge in [-0.15, -0.1) is 0 Å². The minimum absolute atomic E-state index is 0.200. The minimum atomic E-state index is 0.200. The monoisotopic (exact) mass is 164 g/mol. The van der Waals surface area contributed by atoms with E-state index in [1.165, 1.54) is 11.1 Å². The first-order valence-electron chi connectivity index (χ1n) is 4.19. The van der Waals surface area contributed by atoms with Crippen molar-refractivity contribution >= 4 is 5.69 Å². The van der Waals surface area contributed by atoms with Gasteiger partial charge in [-0.05, 0) is 43.5 Å². The van der Waals surface area contributed by atoms with Gasteiger partial charge in [-0.25, -0.2) is 0 Å². The highest BCUT2D eigenvalue weighted by atomic mass is 14.6. The van der Waals surface area contributed by atoms with E-state index < -0.39 is 0 Å². The number of hydrogen-bond acceptors (Lipinski definition) is 2. The van der Waals surface area contributed by atoms with Gasteiger partial charge >= 0.3 is 0 Å². The Kier molecular flexibility index (Phi) is 2.71. The van der Waals surface area contributed by atoms with Gasteiger partial charge in [-0.3, -0.25) is 0 Å². The van der Waals surface area contributed by atoms with Gasteiger partial charge in [-0.2, -0.15) is 0 Å². The van der Waals surface area contributed by atoms with Gasteiger partial charge in [0.1, 0.15) is 0 Å². The maximum atomic E-state index is 5.69. The topological polar surface area (TPSA) is 52.0 Å². The van der Waals surface area contributed by atoms with Crippen LogP contribution < -0.4 is 11.5 Å². The summed E-state index contributed by atoms with van der Waals surface area (Å²) in [5.74, 6) is 0. The Hall–Kier alpha value is -1.02. The van der Waals surface area contributed by atoms with E-state index in [0.29, 0.717) is 0 Å². The summed E-state index contributed by atoms with van der Waals surface area (Å²) < 4.78 is 0. The fourth-order valence-corrected chi connectivity index (χ4v) is 1.38. The van der Waals surface area contributed by atoms with Gasteiger partial charge in [0, 0.05) is 11.7 Å². The van der Waals surface area contributed by atoms with Crippen LogP contribution in [0.15, 0.2) is 18.2 Å². The van der Waals surface area contributed by atoms with Gasteiger partial charge in [0.15, 0.2) is 0 Å². The van der Waals surface area contributed by atoms with Gasteiger partial charge in [-0.1, -0.05) is 6.07 Å². The number of nitrogen functional groups attached to an aromatic ring is 1.